The smallest absolute Gasteiger partial charge is 0.199 e. The van der Waals surface area contributed by atoms with Gasteiger partial charge in [0.05, 0.1) is 12.7 Å². The molecule has 0 amide bonds. The lowest BCUT2D eigenvalue weighted by Crippen LogP contribution is -2.36. The van der Waals surface area contributed by atoms with Crippen LogP contribution in [0.3, 0.4) is 0 Å². The fraction of sp³-hybridized carbons (Fsp3) is 0.188. The van der Waals surface area contributed by atoms with Crippen LogP contribution in [-0.2, 0) is 0 Å². The first-order valence-corrected chi connectivity index (χ1v) is 7.50. The van der Waals surface area contributed by atoms with Crippen molar-refractivity contribution in [3.05, 3.63) is 57.2 Å². The summed E-state index contributed by atoms with van der Waals surface area (Å²) in [5.74, 6) is 0.914. The third kappa shape index (κ3) is 2.63. The molecule has 5 heteroatoms. The van der Waals surface area contributed by atoms with Crippen molar-refractivity contribution in [2.75, 3.05) is 7.11 Å². The van der Waals surface area contributed by atoms with Crippen molar-refractivity contribution < 1.29 is 19.4 Å². The Morgan fingerprint density at radius 1 is 1.19 bits per heavy atom. The van der Waals surface area contributed by atoms with Gasteiger partial charge in [0.1, 0.15) is 11.5 Å². The minimum absolute atomic E-state index is 0.312. The van der Waals surface area contributed by atoms with Crippen LogP contribution in [0.5, 0.6) is 11.5 Å². The van der Waals surface area contributed by atoms with Crippen molar-refractivity contribution in [1.29, 1.82) is 0 Å². The van der Waals surface area contributed by atoms with Gasteiger partial charge >= 0.3 is 0 Å². The second kappa shape index (κ2) is 5.65. The molecule has 0 bridgehead atoms. The summed E-state index contributed by atoms with van der Waals surface area (Å²) in [7, 11) is 1.59. The van der Waals surface area contributed by atoms with Gasteiger partial charge in [-0.2, -0.15) is 0 Å². The van der Waals surface area contributed by atoms with Crippen molar-refractivity contribution >= 4 is 28.4 Å². The van der Waals surface area contributed by atoms with E-state index in [-0.39, 0.29) is 5.78 Å². The van der Waals surface area contributed by atoms with Gasteiger partial charge in [-0.15, -0.1) is 0 Å². The maximum absolute atomic E-state index is 12.3. The number of carbonyl (C=O) groups excluding carboxylic acids is 1. The van der Waals surface area contributed by atoms with Gasteiger partial charge in [-0.1, -0.05) is 12.1 Å². The van der Waals surface area contributed by atoms with E-state index in [2.05, 4.69) is 22.6 Å². The van der Waals surface area contributed by atoms with Crippen molar-refractivity contribution in [3.8, 4) is 11.5 Å². The predicted octanol–water partition coefficient (Wildman–Crippen LogP) is 2.98. The molecule has 2 aromatic rings. The maximum Gasteiger partial charge on any atom is 0.199 e. The molecule has 2 aromatic carbocycles. The lowest BCUT2D eigenvalue weighted by atomic mass is 9.93. The molecule has 4 nitrogen and oxygen atoms in total. The zero-order chi connectivity index (χ0) is 15.0. The summed E-state index contributed by atoms with van der Waals surface area (Å²) in [6.07, 6.45) is -1.90. The summed E-state index contributed by atoms with van der Waals surface area (Å²) < 4.78 is 11.9. The number of hydrogen-bond acceptors (Lipinski definition) is 4. The number of benzene rings is 2. The summed E-state index contributed by atoms with van der Waals surface area (Å²) in [5, 5.41) is 10.2. The van der Waals surface area contributed by atoms with Gasteiger partial charge in [-0.3, -0.25) is 4.79 Å². The fourth-order valence-corrected chi connectivity index (χ4v) is 2.80. The summed E-state index contributed by atoms with van der Waals surface area (Å²) in [4.78, 5) is 12.3. The summed E-state index contributed by atoms with van der Waals surface area (Å²) in [6.45, 7) is 0. The molecule has 0 aliphatic carbocycles. The van der Waals surface area contributed by atoms with E-state index >= 15 is 0 Å². The van der Waals surface area contributed by atoms with Gasteiger partial charge in [0, 0.05) is 3.57 Å². The normalized spacial score (nSPS) is 20.6. The number of rotatable bonds is 2. The lowest BCUT2D eigenvalue weighted by Gasteiger charge is -2.30. The lowest BCUT2D eigenvalue weighted by molar-refractivity contribution is 0.0216. The Balaban J connectivity index is 1.98. The highest BCUT2D eigenvalue weighted by Crippen LogP contribution is 2.36. The summed E-state index contributed by atoms with van der Waals surface area (Å²) >= 11 is 2.16. The van der Waals surface area contributed by atoms with Crippen LogP contribution in [0, 0.1) is 3.57 Å². The first kappa shape index (κ1) is 14.3. The third-order valence-corrected chi connectivity index (χ3v) is 4.13. The average Bonchev–Trinajstić information content (AvgIpc) is 2.51. The Kier molecular flexibility index (Phi) is 3.86. The van der Waals surface area contributed by atoms with Crippen molar-refractivity contribution in [3.63, 3.8) is 0 Å². The van der Waals surface area contributed by atoms with E-state index in [1.807, 2.05) is 6.07 Å². The second-order valence-electron chi connectivity index (χ2n) is 4.76. The number of aliphatic hydroxyl groups is 1. The number of methoxy groups -OCH3 is 1. The standard InChI is InChI=1S/C16H13IO4/c1-20-11-5-2-9(3-6-11)16-15(19)14(18)12-7-4-10(17)8-13(12)21-16/h2-8,15-16,19H,1H3. The molecule has 1 aliphatic rings. The molecule has 2 atom stereocenters. The Hall–Kier alpha value is -1.60. The van der Waals surface area contributed by atoms with Gasteiger partial charge in [0.2, 0.25) is 0 Å². The number of ether oxygens (including phenoxy) is 2. The average molecular weight is 396 g/mol. The van der Waals surface area contributed by atoms with Crippen LogP contribution in [0.4, 0.5) is 0 Å². The van der Waals surface area contributed by atoms with Crippen LogP contribution < -0.4 is 9.47 Å². The molecule has 0 fully saturated rings. The molecule has 0 radical (unpaired) electrons. The largest absolute Gasteiger partial charge is 0.497 e. The maximum atomic E-state index is 12.3. The molecule has 0 spiro atoms. The van der Waals surface area contributed by atoms with Crippen molar-refractivity contribution in [2.24, 2.45) is 0 Å². The minimum atomic E-state index is -1.20. The molecular weight excluding hydrogens is 383 g/mol. The van der Waals surface area contributed by atoms with E-state index in [0.717, 1.165) is 9.13 Å². The first-order valence-electron chi connectivity index (χ1n) is 6.42. The van der Waals surface area contributed by atoms with E-state index in [9.17, 15) is 9.90 Å². The van der Waals surface area contributed by atoms with Crippen LogP contribution in [0.2, 0.25) is 0 Å². The first-order chi connectivity index (χ1) is 10.1. The fourth-order valence-electron chi connectivity index (χ4n) is 2.34. The second-order valence-corrected chi connectivity index (χ2v) is 6.01. The van der Waals surface area contributed by atoms with Gasteiger partial charge in [-0.25, -0.2) is 0 Å². The van der Waals surface area contributed by atoms with Gasteiger partial charge in [0.25, 0.3) is 0 Å². The van der Waals surface area contributed by atoms with Gasteiger partial charge < -0.3 is 14.6 Å². The van der Waals surface area contributed by atoms with E-state index in [4.69, 9.17) is 9.47 Å². The SMILES string of the molecule is COc1ccc(C2Oc3cc(I)ccc3C(=O)C2O)cc1. The van der Waals surface area contributed by atoms with Crippen LogP contribution >= 0.6 is 22.6 Å². The quantitative estimate of drug-likeness (QED) is 0.794. The molecule has 21 heavy (non-hydrogen) atoms. The number of carbonyl (C=O) groups is 1. The molecule has 1 aliphatic heterocycles. The van der Waals surface area contributed by atoms with Crippen molar-refractivity contribution in [2.45, 2.75) is 12.2 Å². The van der Waals surface area contributed by atoms with Crippen molar-refractivity contribution in [1.82, 2.24) is 0 Å². The monoisotopic (exact) mass is 396 g/mol. The van der Waals surface area contributed by atoms with E-state index in [0.29, 0.717) is 17.1 Å². The predicted molar refractivity (Wildman–Crippen MR) is 85.9 cm³/mol. The number of fused-ring (bicyclic) bond motifs is 1. The molecular formula is C16H13IO4. The number of Topliss-reactive ketones (excluding diaryl/α,β-unsaturated/α-hetero) is 1. The molecule has 3 rings (SSSR count). The molecule has 0 saturated heterocycles. The van der Waals surface area contributed by atoms with Crippen LogP contribution in [0.25, 0.3) is 0 Å². The Labute approximate surface area is 135 Å². The minimum Gasteiger partial charge on any atom is -0.497 e. The van der Waals surface area contributed by atoms with E-state index < -0.39 is 12.2 Å². The van der Waals surface area contributed by atoms with Crippen LogP contribution in [0.15, 0.2) is 42.5 Å². The Morgan fingerprint density at radius 3 is 2.57 bits per heavy atom. The van der Waals surface area contributed by atoms with Crippen LogP contribution in [0.1, 0.15) is 22.0 Å². The van der Waals surface area contributed by atoms with E-state index in [1.165, 1.54) is 0 Å². The molecule has 2 unspecified atom stereocenters. The molecule has 0 aromatic heterocycles. The summed E-state index contributed by atoms with van der Waals surface area (Å²) in [6, 6.07) is 12.4. The number of ketones is 1. The molecule has 108 valence electrons. The third-order valence-electron chi connectivity index (χ3n) is 3.46. The summed E-state index contributed by atoms with van der Waals surface area (Å²) in [5.41, 5.74) is 1.16. The zero-order valence-electron chi connectivity index (χ0n) is 11.2. The van der Waals surface area contributed by atoms with E-state index in [1.54, 1.807) is 43.5 Å². The Bertz CT molecular complexity index is 681. The molecule has 1 heterocycles. The van der Waals surface area contributed by atoms with Gasteiger partial charge in [-0.05, 0) is 58.5 Å². The number of aliphatic hydroxyl groups excluding tert-OH is 1. The van der Waals surface area contributed by atoms with Gasteiger partial charge in [0.15, 0.2) is 18.0 Å². The molecule has 0 saturated carbocycles. The molecule has 1 N–H and O–H groups in total. The Morgan fingerprint density at radius 2 is 1.90 bits per heavy atom. The highest BCUT2D eigenvalue weighted by atomic mass is 127. The topological polar surface area (TPSA) is 55.8 Å². The number of halogens is 1. The number of hydrogen-bond donors (Lipinski definition) is 1. The zero-order valence-corrected chi connectivity index (χ0v) is 13.4. The van der Waals surface area contributed by atoms with Crippen LogP contribution in [-0.4, -0.2) is 24.1 Å². The highest BCUT2D eigenvalue weighted by Gasteiger charge is 2.36. The highest BCUT2D eigenvalue weighted by molar-refractivity contribution is 14.1.